The number of carbonyl (C=O) groups is 1. The summed E-state index contributed by atoms with van der Waals surface area (Å²) >= 11 is 12.3. The number of anilines is 1. The van der Waals surface area contributed by atoms with E-state index in [1.165, 1.54) is 5.56 Å². The van der Waals surface area contributed by atoms with Crippen molar-refractivity contribution in [2.24, 2.45) is 5.92 Å². The molecule has 5 heteroatoms. The molecule has 3 nitrogen and oxygen atoms in total. The Morgan fingerprint density at radius 3 is 2.36 bits per heavy atom. The zero-order chi connectivity index (χ0) is 17.4. The number of benzene rings is 2. The van der Waals surface area contributed by atoms with Crippen LogP contribution < -0.4 is 4.90 Å². The molecule has 1 amide bonds. The fraction of sp³-hybridized carbons (Fsp3) is 0.350. The van der Waals surface area contributed by atoms with Gasteiger partial charge in [-0.1, -0.05) is 53.5 Å². The van der Waals surface area contributed by atoms with Crippen molar-refractivity contribution in [2.75, 3.05) is 31.1 Å². The Balaban J connectivity index is 1.35. The number of halogens is 2. The number of carbonyl (C=O) groups excluding carboxylic acids is 1. The molecule has 4 rings (SSSR count). The maximum atomic E-state index is 12.8. The van der Waals surface area contributed by atoms with Gasteiger partial charge in [0, 0.05) is 37.1 Å². The molecule has 1 saturated carbocycles. The molecule has 1 saturated heterocycles. The van der Waals surface area contributed by atoms with Crippen LogP contribution in [0, 0.1) is 5.92 Å². The normalized spacial score (nSPS) is 22.8. The summed E-state index contributed by atoms with van der Waals surface area (Å²) in [5.74, 6) is 0.862. The molecule has 0 N–H and O–H groups in total. The molecule has 1 heterocycles. The van der Waals surface area contributed by atoms with Crippen LogP contribution in [0.1, 0.15) is 17.9 Å². The monoisotopic (exact) mass is 374 g/mol. The SMILES string of the molecule is O=C([C@H]1C[C@@H]1c1ccccc1)N1CCN(c2ccc(Cl)cc2Cl)CC1. The van der Waals surface area contributed by atoms with E-state index >= 15 is 0 Å². The molecule has 0 spiro atoms. The summed E-state index contributed by atoms with van der Waals surface area (Å²) in [4.78, 5) is 17.0. The lowest BCUT2D eigenvalue weighted by molar-refractivity contribution is -0.132. The zero-order valence-corrected chi connectivity index (χ0v) is 15.4. The molecule has 0 bridgehead atoms. The summed E-state index contributed by atoms with van der Waals surface area (Å²) in [5.41, 5.74) is 2.28. The van der Waals surface area contributed by atoms with Crippen molar-refractivity contribution in [3.05, 3.63) is 64.1 Å². The highest BCUT2D eigenvalue weighted by molar-refractivity contribution is 6.36. The van der Waals surface area contributed by atoms with Crippen molar-refractivity contribution >= 4 is 34.8 Å². The third kappa shape index (κ3) is 3.49. The second-order valence-electron chi connectivity index (χ2n) is 6.77. The average molecular weight is 375 g/mol. The van der Waals surface area contributed by atoms with Gasteiger partial charge in [0.05, 0.1) is 10.7 Å². The maximum absolute atomic E-state index is 12.8. The Bertz CT molecular complexity index is 773. The van der Waals surface area contributed by atoms with Gasteiger partial charge in [-0.25, -0.2) is 0 Å². The Hall–Kier alpha value is -1.71. The minimum Gasteiger partial charge on any atom is -0.367 e. The van der Waals surface area contributed by atoms with Crippen LogP contribution in [-0.4, -0.2) is 37.0 Å². The summed E-state index contributed by atoms with van der Waals surface area (Å²) in [6, 6.07) is 15.9. The first kappa shape index (κ1) is 16.7. The number of hydrogen-bond acceptors (Lipinski definition) is 2. The molecule has 2 aromatic rings. The number of rotatable bonds is 3. The molecule has 1 aliphatic carbocycles. The minimum atomic E-state index is 0.160. The minimum absolute atomic E-state index is 0.160. The van der Waals surface area contributed by atoms with Crippen molar-refractivity contribution in [1.29, 1.82) is 0 Å². The average Bonchev–Trinajstić information content (AvgIpc) is 3.43. The number of hydrogen-bond donors (Lipinski definition) is 0. The summed E-state index contributed by atoms with van der Waals surface area (Å²) < 4.78 is 0. The molecule has 2 aliphatic rings. The molecular formula is C20H20Cl2N2O. The first-order chi connectivity index (χ1) is 12.1. The van der Waals surface area contributed by atoms with Gasteiger partial charge in [0.2, 0.25) is 5.91 Å². The molecule has 0 unspecified atom stereocenters. The smallest absolute Gasteiger partial charge is 0.226 e. The van der Waals surface area contributed by atoms with Crippen molar-refractivity contribution in [3.63, 3.8) is 0 Å². The van der Waals surface area contributed by atoms with Gasteiger partial charge in [-0.2, -0.15) is 0 Å². The van der Waals surface area contributed by atoms with Crippen LogP contribution >= 0.6 is 23.2 Å². The Morgan fingerprint density at radius 1 is 0.960 bits per heavy atom. The van der Waals surface area contributed by atoms with Crippen LogP contribution in [0.3, 0.4) is 0 Å². The predicted molar refractivity (Wildman–Crippen MR) is 103 cm³/mol. The van der Waals surface area contributed by atoms with Crippen LogP contribution in [0.5, 0.6) is 0 Å². The fourth-order valence-corrected chi connectivity index (χ4v) is 4.20. The van der Waals surface area contributed by atoms with E-state index in [0.29, 0.717) is 21.9 Å². The van der Waals surface area contributed by atoms with Gasteiger partial charge in [-0.3, -0.25) is 4.79 Å². The van der Waals surface area contributed by atoms with E-state index in [1.54, 1.807) is 6.07 Å². The molecule has 0 radical (unpaired) electrons. The standard InChI is InChI=1S/C20H20Cl2N2O/c21-15-6-7-19(18(22)12-15)23-8-10-24(11-9-23)20(25)17-13-16(17)14-4-2-1-3-5-14/h1-7,12,16-17H,8-11,13H2/t16-,17+/m1/s1. The molecule has 2 fully saturated rings. The Labute approximate surface area is 158 Å². The van der Waals surface area contributed by atoms with Gasteiger partial charge in [-0.15, -0.1) is 0 Å². The van der Waals surface area contributed by atoms with Gasteiger partial charge in [-0.05, 0) is 36.1 Å². The van der Waals surface area contributed by atoms with Gasteiger partial charge < -0.3 is 9.80 Å². The van der Waals surface area contributed by atoms with Crippen molar-refractivity contribution in [1.82, 2.24) is 4.90 Å². The van der Waals surface area contributed by atoms with E-state index in [-0.39, 0.29) is 5.92 Å². The first-order valence-electron chi connectivity index (χ1n) is 8.67. The molecule has 0 aromatic heterocycles. The van der Waals surface area contributed by atoms with Gasteiger partial charge in [0.25, 0.3) is 0 Å². The van der Waals surface area contributed by atoms with E-state index in [4.69, 9.17) is 23.2 Å². The highest BCUT2D eigenvalue weighted by atomic mass is 35.5. The Kier molecular flexibility index (Phi) is 4.61. The largest absolute Gasteiger partial charge is 0.367 e. The van der Waals surface area contributed by atoms with E-state index in [1.807, 2.05) is 35.2 Å². The van der Waals surface area contributed by atoms with E-state index in [2.05, 4.69) is 17.0 Å². The quantitative estimate of drug-likeness (QED) is 0.792. The van der Waals surface area contributed by atoms with Crippen LogP contribution in [0.4, 0.5) is 5.69 Å². The van der Waals surface area contributed by atoms with Crippen LogP contribution in [-0.2, 0) is 4.79 Å². The molecule has 2 aromatic carbocycles. The molecule has 1 aliphatic heterocycles. The second-order valence-corrected chi connectivity index (χ2v) is 7.61. The molecular weight excluding hydrogens is 355 g/mol. The van der Waals surface area contributed by atoms with Gasteiger partial charge >= 0.3 is 0 Å². The lowest BCUT2D eigenvalue weighted by Crippen LogP contribution is -2.49. The topological polar surface area (TPSA) is 23.6 Å². The van der Waals surface area contributed by atoms with Crippen LogP contribution in [0.25, 0.3) is 0 Å². The first-order valence-corrected chi connectivity index (χ1v) is 9.43. The van der Waals surface area contributed by atoms with E-state index < -0.39 is 0 Å². The van der Waals surface area contributed by atoms with Crippen molar-refractivity contribution in [3.8, 4) is 0 Å². The highest BCUT2D eigenvalue weighted by Gasteiger charge is 2.46. The third-order valence-electron chi connectivity index (χ3n) is 5.18. The van der Waals surface area contributed by atoms with Crippen LogP contribution in [0.2, 0.25) is 10.0 Å². The summed E-state index contributed by atoms with van der Waals surface area (Å²) in [6.07, 6.45) is 0.978. The van der Waals surface area contributed by atoms with Gasteiger partial charge in [0.1, 0.15) is 0 Å². The predicted octanol–water partition coefficient (Wildman–Crippen LogP) is 4.45. The van der Waals surface area contributed by atoms with E-state index in [0.717, 1.165) is 38.3 Å². The van der Waals surface area contributed by atoms with Crippen LogP contribution in [0.15, 0.2) is 48.5 Å². The van der Waals surface area contributed by atoms with Gasteiger partial charge in [0.15, 0.2) is 0 Å². The molecule has 25 heavy (non-hydrogen) atoms. The molecule has 130 valence electrons. The summed E-state index contributed by atoms with van der Waals surface area (Å²) in [6.45, 7) is 3.09. The fourth-order valence-electron chi connectivity index (χ4n) is 3.68. The lowest BCUT2D eigenvalue weighted by atomic mass is 10.1. The molecule has 2 atom stereocenters. The number of piperazine rings is 1. The second kappa shape index (κ2) is 6.89. The maximum Gasteiger partial charge on any atom is 0.226 e. The number of amides is 1. The summed E-state index contributed by atoms with van der Waals surface area (Å²) in [7, 11) is 0. The van der Waals surface area contributed by atoms with Crippen molar-refractivity contribution in [2.45, 2.75) is 12.3 Å². The highest BCUT2D eigenvalue weighted by Crippen LogP contribution is 2.48. The Morgan fingerprint density at radius 2 is 1.68 bits per heavy atom. The summed E-state index contributed by atoms with van der Waals surface area (Å²) in [5, 5.41) is 1.31. The van der Waals surface area contributed by atoms with Crippen molar-refractivity contribution < 1.29 is 4.79 Å². The van der Waals surface area contributed by atoms with E-state index in [9.17, 15) is 4.79 Å². The lowest BCUT2D eigenvalue weighted by Gasteiger charge is -2.36. The number of nitrogens with zero attached hydrogens (tertiary/aromatic N) is 2. The zero-order valence-electron chi connectivity index (χ0n) is 13.9. The third-order valence-corrected chi connectivity index (χ3v) is 5.71.